The molecule has 3 aromatic carbocycles. The molecule has 0 amide bonds. The second-order valence-corrected chi connectivity index (χ2v) is 5.80. The van der Waals surface area contributed by atoms with Crippen LogP contribution in [0.1, 0.15) is 16.1 Å². The quantitative estimate of drug-likeness (QED) is 0.372. The summed E-state index contributed by atoms with van der Waals surface area (Å²) in [6.07, 6.45) is 0. The number of rotatable bonds is 2. The number of carbonyl (C=O) groups excluding carboxylic acids is 1. The number of hydrogen-bond acceptors (Lipinski definition) is 2. The van der Waals surface area contributed by atoms with Crippen LogP contribution in [0.15, 0.2) is 72.8 Å². The van der Waals surface area contributed by atoms with Crippen LogP contribution in [0.2, 0.25) is 5.02 Å². The molecule has 0 saturated carbocycles. The fraction of sp³-hybridized carbons (Fsp3) is 0. The summed E-state index contributed by atoms with van der Waals surface area (Å²) in [6, 6.07) is 22.7. The number of hydrogen-bond donors (Lipinski definition) is 0. The van der Waals surface area contributed by atoms with Crippen molar-refractivity contribution in [3.8, 4) is 0 Å². The van der Waals surface area contributed by atoms with Gasteiger partial charge in [0, 0.05) is 21.4 Å². The van der Waals surface area contributed by atoms with E-state index < -0.39 is 0 Å². The third-order valence-electron chi connectivity index (χ3n) is 3.93. The summed E-state index contributed by atoms with van der Waals surface area (Å²) in [4.78, 5) is 17.5. The first-order valence-electron chi connectivity index (χ1n) is 7.32. The molecule has 3 heteroatoms. The van der Waals surface area contributed by atoms with E-state index in [0.717, 1.165) is 21.7 Å². The molecule has 0 aliphatic carbocycles. The Morgan fingerprint density at radius 3 is 2.09 bits per heavy atom. The summed E-state index contributed by atoms with van der Waals surface area (Å²) in [5, 5.41) is 3.56. The molecule has 0 saturated heterocycles. The monoisotopic (exact) mass is 317 g/mol. The Labute approximate surface area is 138 Å². The largest absolute Gasteiger partial charge is 0.287 e. The molecule has 4 rings (SSSR count). The normalized spacial score (nSPS) is 11.0. The first-order valence-corrected chi connectivity index (χ1v) is 7.69. The Kier molecular flexibility index (Phi) is 3.32. The molecule has 0 unspecified atom stereocenters. The number of carbonyl (C=O) groups is 1. The predicted molar refractivity (Wildman–Crippen MR) is 94.1 cm³/mol. The summed E-state index contributed by atoms with van der Waals surface area (Å²) < 4.78 is 0. The highest BCUT2D eigenvalue weighted by atomic mass is 35.5. The van der Waals surface area contributed by atoms with Crippen molar-refractivity contribution in [2.24, 2.45) is 0 Å². The Morgan fingerprint density at radius 1 is 0.739 bits per heavy atom. The molecule has 23 heavy (non-hydrogen) atoms. The van der Waals surface area contributed by atoms with E-state index in [-0.39, 0.29) is 5.78 Å². The fourth-order valence-corrected chi connectivity index (χ4v) is 2.94. The Morgan fingerprint density at radius 2 is 1.35 bits per heavy atom. The molecule has 4 aromatic rings. The van der Waals surface area contributed by atoms with Crippen LogP contribution in [-0.2, 0) is 0 Å². The van der Waals surface area contributed by atoms with E-state index in [1.54, 1.807) is 24.3 Å². The highest BCUT2D eigenvalue weighted by molar-refractivity contribution is 6.30. The zero-order chi connectivity index (χ0) is 15.8. The van der Waals surface area contributed by atoms with E-state index in [2.05, 4.69) is 4.98 Å². The van der Waals surface area contributed by atoms with E-state index in [4.69, 9.17) is 11.6 Å². The Hall–Kier alpha value is -2.71. The van der Waals surface area contributed by atoms with Crippen LogP contribution in [-0.4, -0.2) is 10.8 Å². The van der Waals surface area contributed by atoms with Crippen molar-refractivity contribution < 1.29 is 4.79 Å². The zero-order valence-corrected chi connectivity index (χ0v) is 12.9. The number of nitrogens with zero attached hydrogens (tertiary/aromatic N) is 1. The number of pyridine rings is 1. The molecule has 0 aliphatic heterocycles. The van der Waals surface area contributed by atoms with E-state index in [1.807, 2.05) is 48.5 Å². The Bertz CT molecular complexity index is 1040. The fourth-order valence-electron chi connectivity index (χ4n) is 2.82. The molecular formula is C20H12ClNO. The number of fused-ring (bicyclic) bond motifs is 3. The van der Waals surface area contributed by atoms with Crippen molar-refractivity contribution in [2.75, 3.05) is 0 Å². The van der Waals surface area contributed by atoms with Crippen LogP contribution in [0, 0.1) is 0 Å². The van der Waals surface area contributed by atoms with Gasteiger partial charge in [0.1, 0.15) is 5.69 Å². The molecule has 110 valence electrons. The number of para-hydroxylation sites is 1. The summed E-state index contributed by atoms with van der Waals surface area (Å²) in [7, 11) is 0. The van der Waals surface area contributed by atoms with Crippen LogP contribution < -0.4 is 0 Å². The van der Waals surface area contributed by atoms with E-state index in [0.29, 0.717) is 16.3 Å². The average Bonchev–Trinajstić information content (AvgIpc) is 2.61. The van der Waals surface area contributed by atoms with Crippen LogP contribution in [0.4, 0.5) is 0 Å². The molecule has 2 nitrogen and oxygen atoms in total. The van der Waals surface area contributed by atoms with Crippen LogP contribution >= 0.6 is 11.6 Å². The number of aromatic nitrogens is 1. The van der Waals surface area contributed by atoms with Crippen molar-refractivity contribution in [2.45, 2.75) is 0 Å². The van der Waals surface area contributed by atoms with E-state index in [1.165, 1.54) is 0 Å². The molecule has 1 heterocycles. The first kappa shape index (κ1) is 13.9. The van der Waals surface area contributed by atoms with Crippen molar-refractivity contribution in [3.05, 3.63) is 89.1 Å². The summed E-state index contributed by atoms with van der Waals surface area (Å²) in [6.45, 7) is 0. The van der Waals surface area contributed by atoms with Crippen molar-refractivity contribution in [3.63, 3.8) is 0 Å². The third kappa shape index (κ3) is 2.37. The SMILES string of the molecule is O=C(c1ccc(Cl)cc1)c1nc2ccccc2c2ccccc12. The molecule has 0 fully saturated rings. The predicted octanol–water partition coefficient (Wildman–Crippen LogP) is 5.27. The van der Waals surface area contributed by atoms with Gasteiger partial charge in [-0.25, -0.2) is 4.98 Å². The lowest BCUT2D eigenvalue weighted by atomic mass is 9.99. The molecule has 0 atom stereocenters. The summed E-state index contributed by atoms with van der Waals surface area (Å²) in [5.74, 6) is -0.0939. The van der Waals surface area contributed by atoms with Crippen molar-refractivity contribution in [1.29, 1.82) is 0 Å². The van der Waals surface area contributed by atoms with Gasteiger partial charge in [-0.3, -0.25) is 4.79 Å². The molecule has 0 spiro atoms. The van der Waals surface area contributed by atoms with Crippen LogP contribution in [0.3, 0.4) is 0 Å². The van der Waals surface area contributed by atoms with Crippen molar-refractivity contribution in [1.82, 2.24) is 4.98 Å². The van der Waals surface area contributed by atoms with Gasteiger partial charge in [-0.05, 0) is 35.7 Å². The van der Waals surface area contributed by atoms with E-state index >= 15 is 0 Å². The second-order valence-electron chi connectivity index (χ2n) is 5.36. The summed E-state index contributed by atoms with van der Waals surface area (Å²) >= 11 is 5.91. The van der Waals surface area contributed by atoms with Crippen molar-refractivity contribution >= 4 is 39.1 Å². The van der Waals surface area contributed by atoms with Crippen LogP contribution in [0.5, 0.6) is 0 Å². The minimum absolute atomic E-state index is 0.0939. The molecule has 0 N–H and O–H groups in total. The van der Waals surface area contributed by atoms with Gasteiger partial charge in [0.15, 0.2) is 0 Å². The minimum Gasteiger partial charge on any atom is -0.287 e. The number of ketones is 1. The molecule has 0 aliphatic rings. The average molecular weight is 318 g/mol. The topological polar surface area (TPSA) is 30.0 Å². The highest BCUT2D eigenvalue weighted by Crippen LogP contribution is 2.27. The summed E-state index contributed by atoms with van der Waals surface area (Å²) in [5.41, 5.74) is 1.88. The van der Waals surface area contributed by atoms with Gasteiger partial charge in [0.25, 0.3) is 0 Å². The van der Waals surface area contributed by atoms with Gasteiger partial charge in [-0.1, -0.05) is 54.1 Å². The zero-order valence-electron chi connectivity index (χ0n) is 12.2. The maximum absolute atomic E-state index is 12.9. The number of benzene rings is 3. The standard InChI is InChI=1S/C20H12ClNO/c21-14-11-9-13(10-12-14)20(23)19-17-7-2-1-5-15(17)16-6-3-4-8-18(16)22-19/h1-12H. The lowest BCUT2D eigenvalue weighted by Gasteiger charge is -2.09. The number of halogens is 1. The highest BCUT2D eigenvalue weighted by Gasteiger charge is 2.16. The van der Waals surface area contributed by atoms with Gasteiger partial charge >= 0.3 is 0 Å². The Balaban J connectivity index is 2.01. The van der Waals surface area contributed by atoms with Gasteiger partial charge in [-0.15, -0.1) is 0 Å². The maximum atomic E-state index is 12.9. The molecule has 0 bridgehead atoms. The third-order valence-corrected chi connectivity index (χ3v) is 4.18. The maximum Gasteiger partial charge on any atom is 0.212 e. The second kappa shape index (κ2) is 5.49. The van der Waals surface area contributed by atoms with E-state index in [9.17, 15) is 4.79 Å². The molecular weight excluding hydrogens is 306 g/mol. The lowest BCUT2D eigenvalue weighted by molar-refractivity contribution is 0.103. The first-order chi connectivity index (χ1) is 11.2. The van der Waals surface area contributed by atoms with Gasteiger partial charge in [0.05, 0.1) is 5.52 Å². The van der Waals surface area contributed by atoms with Crippen LogP contribution in [0.25, 0.3) is 21.7 Å². The van der Waals surface area contributed by atoms with Gasteiger partial charge in [-0.2, -0.15) is 0 Å². The van der Waals surface area contributed by atoms with Gasteiger partial charge in [0.2, 0.25) is 5.78 Å². The minimum atomic E-state index is -0.0939. The molecule has 0 radical (unpaired) electrons. The van der Waals surface area contributed by atoms with Gasteiger partial charge < -0.3 is 0 Å². The smallest absolute Gasteiger partial charge is 0.212 e. The molecule has 1 aromatic heterocycles. The lowest BCUT2D eigenvalue weighted by Crippen LogP contribution is -2.05.